The topological polar surface area (TPSA) is 34.1 Å². The number of nitrogens with zero attached hydrogens (tertiary/aromatic N) is 1. The number of aromatic nitrogens is 1. The van der Waals surface area contributed by atoms with Gasteiger partial charge in [0.05, 0.1) is 5.01 Å². The molecule has 0 aromatic carbocycles. The molecule has 1 fully saturated rings. The van der Waals surface area contributed by atoms with Gasteiger partial charge in [-0.25, -0.2) is 4.98 Å². The van der Waals surface area contributed by atoms with Crippen molar-refractivity contribution in [3.8, 4) is 0 Å². The number of aryl methyl sites for hydroxylation is 1. The van der Waals surface area contributed by atoms with Gasteiger partial charge in [-0.3, -0.25) is 0 Å². The van der Waals surface area contributed by atoms with Gasteiger partial charge in [-0.1, -0.05) is 0 Å². The van der Waals surface area contributed by atoms with E-state index >= 15 is 0 Å². The Balaban J connectivity index is 1.67. The van der Waals surface area contributed by atoms with Gasteiger partial charge in [0.25, 0.3) is 0 Å². The zero-order valence-corrected chi connectivity index (χ0v) is 10.7. The maximum Gasteiger partial charge on any atom is 0.0940 e. The number of thiazole rings is 1. The van der Waals surface area contributed by atoms with Gasteiger partial charge < -0.3 is 10.1 Å². The lowest BCUT2D eigenvalue weighted by atomic mass is 10.1. The first-order valence-corrected chi connectivity index (χ1v) is 6.94. The van der Waals surface area contributed by atoms with Crippen LogP contribution in [0.3, 0.4) is 0 Å². The summed E-state index contributed by atoms with van der Waals surface area (Å²) in [6, 6.07) is 0.642. The van der Waals surface area contributed by atoms with Crippen molar-refractivity contribution >= 4 is 11.3 Å². The van der Waals surface area contributed by atoms with Crippen LogP contribution in [0.1, 0.15) is 30.0 Å². The smallest absolute Gasteiger partial charge is 0.0940 e. The molecule has 1 unspecified atom stereocenters. The van der Waals surface area contributed by atoms with Crippen LogP contribution in [-0.2, 0) is 11.2 Å². The molecule has 16 heavy (non-hydrogen) atoms. The molecule has 0 aliphatic carbocycles. The number of rotatable bonds is 4. The van der Waals surface area contributed by atoms with Gasteiger partial charge in [-0.15, -0.1) is 11.3 Å². The lowest BCUT2D eigenvalue weighted by Gasteiger charge is -2.14. The van der Waals surface area contributed by atoms with E-state index < -0.39 is 0 Å². The molecule has 0 radical (unpaired) electrons. The summed E-state index contributed by atoms with van der Waals surface area (Å²) >= 11 is 1.76. The number of nitrogens with one attached hydrogen (secondary N) is 1. The highest BCUT2D eigenvalue weighted by atomic mass is 32.1. The van der Waals surface area contributed by atoms with Crippen molar-refractivity contribution < 1.29 is 4.74 Å². The molecule has 0 bridgehead atoms. The zero-order chi connectivity index (χ0) is 11.2. The summed E-state index contributed by atoms with van der Waals surface area (Å²) in [6.45, 7) is 4.94. The largest absolute Gasteiger partial charge is 0.381 e. The molecule has 1 aromatic heterocycles. The summed E-state index contributed by atoms with van der Waals surface area (Å²) in [5, 5.41) is 6.97. The van der Waals surface area contributed by atoms with E-state index in [0.29, 0.717) is 6.04 Å². The van der Waals surface area contributed by atoms with Crippen LogP contribution in [0.4, 0.5) is 0 Å². The molecule has 0 amide bonds. The molecule has 2 heterocycles. The highest BCUT2D eigenvalue weighted by molar-refractivity contribution is 7.09. The molecule has 1 saturated heterocycles. The Morgan fingerprint density at radius 3 is 3.25 bits per heavy atom. The molecule has 3 nitrogen and oxygen atoms in total. The Morgan fingerprint density at radius 2 is 2.44 bits per heavy atom. The number of hydrogen-bond acceptors (Lipinski definition) is 4. The molecule has 1 aliphatic heterocycles. The summed E-state index contributed by atoms with van der Waals surface area (Å²) in [5.41, 5.74) is 1.14. The molecule has 1 atom stereocenters. The first-order chi connectivity index (χ1) is 7.84. The third-order valence-electron chi connectivity index (χ3n) is 2.89. The highest BCUT2D eigenvalue weighted by Gasteiger charge is 2.11. The third-order valence-corrected chi connectivity index (χ3v) is 3.92. The Morgan fingerprint density at radius 1 is 1.50 bits per heavy atom. The van der Waals surface area contributed by atoms with Crippen LogP contribution in [0.5, 0.6) is 0 Å². The maximum absolute atomic E-state index is 5.44. The van der Waals surface area contributed by atoms with Crippen LogP contribution in [0.15, 0.2) is 5.38 Å². The normalized spacial score (nSPS) is 21.9. The lowest BCUT2D eigenvalue weighted by Crippen LogP contribution is -2.31. The molecule has 1 aromatic rings. The first kappa shape index (κ1) is 12.0. The summed E-state index contributed by atoms with van der Waals surface area (Å²) in [4.78, 5) is 4.47. The van der Waals surface area contributed by atoms with E-state index in [4.69, 9.17) is 4.74 Å². The van der Waals surface area contributed by atoms with Gasteiger partial charge >= 0.3 is 0 Å². The van der Waals surface area contributed by atoms with E-state index in [-0.39, 0.29) is 0 Å². The molecular formula is C12H20N2OS. The minimum atomic E-state index is 0.642. The van der Waals surface area contributed by atoms with E-state index in [2.05, 4.69) is 22.6 Å². The maximum atomic E-state index is 5.44. The highest BCUT2D eigenvalue weighted by Crippen LogP contribution is 2.10. The second-order valence-electron chi connectivity index (χ2n) is 4.33. The summed E-state index contributed by atoms with van der Waals surface area (Å²) in [7, 11) is 0. The predicted molar refractivity (Wildman–Crippen MR) is 67.0 cm³/mol. The Kier molecular flexibility index (Phi) is 4.75. The quantitative estimate of drug-likeness (QED) is 0.875. The zero-order valence-electron chi connectivity index (χ0n) is 9.87. The standard InChI is InChI=1S/C12H20N2OS/c1-10-9-16-12(14-10)4-6-13-11-3-2-7-15-8-5-11/h9,11,13H,2-8H2,1H3. The van der Waals surface area contributed by atoms with Gasteiger partial charge in [-0.2, -0.15) is 0 Å². The summed E-state index contributed by atoms with van der Waals surface area (Å²) < 4.78 is 5.44. The van der Waals surface area contributed by atoms with Crippen molar-refractivity contribution in [2.24, 2.45) is 0 Å². The van der Waals surface area contributed by atoms with Crippen molar-refractivity contribution in [1.82, 2.24) is 10.3 Å². The first-order valence-electron chi connectivity index (χ1n) is 6.07. The van der Waals surface area contributed by atoms with Gasteiger partial charge in [0.2, 0.25) is 0 Å². The summed E-state index contributed by atoms with van der Waals surface area (Å²) in [5.74, 6) is 0. The van der Waals surface area contributed by atoms with Crippen molar-refractivity contribution in [3.05, 3.63) is 16.1 Å². The van der Waals surface area contributed by atoms with Crippen molar-refractivity contribution in [1.29, 1.82) is 0 Å². The predicted octanol–water partition coefficient (Wildman–Crippen LogP) is 2.15. The van der Waals surface area contributed by atoms with Gasteiger partial charge in [0.15, 0.2) is 0 Å². The van der Waals surface area contributed by atoms with E-state index in [1.54, 1.807) is 11.3 Å². The molecular weight excluding hydrogens is 220 g/mol. The molecule has 90 valence electrons. The van der Waals surface area contributed by atoms with Crippen molar-refractivity contribution in [2.75, 3.05) is 19.8 Å². The molecule has 1 aliphatic rings. The average Bonchev–Trinajstić information content (AvgIpc) is 2.54. The number of hydrogen-bond donors (Lipinski definition) is 1. The van der Waals surface area contributed by atoms with E-state index in [0.717, 1.165) is 38.3 Å². The van der Waals surface area contributed by atoms with Crippen LogP contribution in [0.2, 0.25) is 0 Å². The second-order valence-corrected chi connectivity index (χ2v) is 5.27. The third kappa shape index (κ3) is 3.85. The van der Waals surface area contributed by atoms with Gasteiger partial charge in [-0.05, 0) is 26.2 Å². The van der Waals surface area contributed by atoms with Crippen LogP contribution in [-0.4, -0.2) is 30.8 Å². The average molecular weight is 240 g/mol. The van der Waals surface area contributed by atoms with Crippen LogP contribution in [0, 0.1) is 6.92 Å². The van der Waals surface area contributed by atoms with E-state index in [1.165, 1.54) is 17.8 Å². The fraction of sp³-hybridized carbons (Fsp3) is 0.750. The van der Waals surface area contributed by atoms with E-state index in [9.17, 15) is 0 Å². The van der Waals surface area contributed by atoms with E-state index in [1.807, 2.05) is 0 Å². The number of ether oxygens (including phenoxy) is 1. The second kappa shape index (κ2) is 6.33. The minimum Gasteiger partial charge on any atom is -0.381 e. The molecule has 2 rings (SSSR count). The fourth-order valence-corrected chi connectivity index (χ4v) is 2.78. The van der Waals surface area contributed by atoms with Crippen molar-refractivity contribution in [3.63, 3.8) is 0 Å². The molecule has 0 saturated carbocycles. The SMILES string of the molecule is Cc1csc(CCNC2CCCOCC2)n1. The van der Waals surface area contributed by atoms with Crippen molar-refractivity contribution in [2.45, 2.75) is 38.6 Å². The van der Waals surface area contributed by atoms with Gasteiger partial charge in [0.1, 0.15) is 0 Å². The Labute approximate surface area is 101 Å². The van der Waals surface area contributed by atoms with Crippen LogP contribution < -0.4 is 5.32 Å². The van der Waals surface area contributed by atoms with Crippen LogP contribution >= 0.6 is 11.3 Å². The summed E-state index contributed by atoms with van der Waals surface area (Å²) in [6.07, 6.45) is 4.64. The van der Waals surface area contributed by atoms with Gasteiger partial charge in [0, 0.05) is 43.3 Å². The molecule has 1 N–H and O–H groups in total. The molecule has 0 spiro atoms. The Hall–Kier alpha value is -0.450. The molecule has 4 heteroatoms. The monoisotopic (exact) mass is 240 g/mol. The Bertz CT molecular complexity index is 306. The minimum absolute atomic E-state index is 0.642. The fourth-order valence-electron chi connectivity index (χ4n) is 2.01. The lowest BCUT2D eigenvalue weighted by molar-refractivity contribution is 0.142. The van der Waals surface area contributed by atoms with Crippen LogP contribution in [0.25, 0.3) is 0 Å².